The van der Waals surface area contributed by atoms with Gasteiger partial charge in [0.25, 0.3) is 0 Å². The van der Waals surface area contributed by atoms with Crippen LogP contribution in [0.15, 0.2) is 27.4 Å². The van der Waals surface area contributed by atoms with E-state index in [-0.39, 0.29) is 0 Å². The fourth-order valence-corrected chi connectivity index (χ4v) is 2.72. The van der Waals surface area contributed by atoms with Crippen LogP contribution in [-0.2, 0) is 0 Å². The normalized spacial score (nSPS) is 10.4. The summed E-state index contributed by atoms with van der Waals surface area (Å²) in [6, 6.07) is 3.81. The summed E-state index contributed by atoms with van der Waals surface area (Å²) in [5.74, 6) is 1.38. The molecule has 0 atom stereocenters. The molecule has 0 amide bonds. The minimum atomic E-state index is 0.667. The Kier molecular flexibility index (Phi) is 4.65. The molecule has 2 N–H and O–H groups in total. The van der Waals surface area contributed by atoms with E-state index in [2.05, 4.69) is 52.5 Å². The van der Waals surface area contributed by atoms with E-state index in [9.17, 15) is 0 Å². The van der Waals surface area contributed by atoms with Crippen molar-refractivity contribution in [2.24, 2.45) is 0 Å². The van der Waals surface area contributed by atoms with Crippen molar-refractivity contribution >= 4 is 60.8 Å². The third kappa shape index (κ3) is 3.19. The molecule has 19 heavy (non-hydrogen) atoms. The summed E-state index contributed by atoms with van der Waals surface area (Å²) in [7, 11) is 1.80. The zero-order chi connectivity index (χ0) is 14.0. The van der Waals surface area contributed by atoms with Gasteiger partial charge in [0, 0.05) is 16.5 Å². The first-order valence-corrected chi connectivity index (χ1v) is 7.40. The molecule has 4 nitrogen and oxygen atoms in total. The summed E-state index contributed by atoms with van der Waals surface area (Å²) in [5.41, 5.74) is 1.86. The highest BCUT2D eigenvalue weighted by molar-refractivity contribution is 9.11. The Bertz CT molecular complexity index is 619. The van der Waals surface area contributed by atoms with E-state index in [1.165, 1.54) is 6.33 Å². The first-order chi connectivity index (χ1) is 9.02. The third-order valence-corrected chi connectivity index (χ3v) is 4.34. The highest BCUT2D eigenvalue weighted by atomic mass is 79.9. The van der Waals surface area contributed by atoms with Crippen LogP contribution in [0.5, 0.6) is 0 Å². The molecule has 0 aliphatic rings. The molecular formula is C12H11Br2ClN4. The SMILES string of the molecule is CNc1ncnc(Nc2cc(Cl)c(C)cc2Br)c1Br. The number of hydrogen-bond donors (Lipinski definition) is 2. The number of nitrogens with zero attached hydrogens (tertiary/aromatic N) is 2. The van der Waals surface area contributed by atoms with Crippen molar-refractivity contribution in [3.8, 4) is 0 Å². The van der Waals surface area contributed by atoms with Crippen molar-refractivity contribution in [2.75, 3.05) is 17.7 Å². The minimum Gasteiger partial charge on any atom is -0.372 e. The minimum absolute atomic E-state index is 0.667. The monoisotopic (exact) mass is 404 g/mol. The second kappa shape index (κ2) is 6.07. The molecule has 0 aliphatic carbocycles. The first kappa shape index (κ1) is 14.6. The summed E-state index contributed by atoms with van der Waals surface area (Å²) in [6.07, 6.45) is 1.49. The van der Waals surface area contributed by atoms with Gasteiger partial charge in [0.15, 0.2) is 0 Å². The van der Waals surface area contributed by atoms with Crippen molar-refractivity contribution in [3.63, 3.8) is 0 Å². The summed E-state index contributed by atoms with van der Waals surface area (Å²) in [5, 5.41) is 6.89. The van der Waals surface area contributed by atoms with Gasteiger partial charge in [-0.3, -0.25) is 0 Å². The van der Waals surface area contributed by atoms with E-state index in [0.717, 1.165) is 20.2 Å². The molecule has 2 rings (SSSR count). The lowest BCUT2D eigenvalue weighted by Crippen LogP contribution is -2.01. The highest BCUT2D eigenvalue weighted by Gasteiger charge is 2.10. The summed E-state index contributed by atoms with van der Waals surface area (Å²) in [4.78, 5) is 8.31. The van der Waals surface area contributed by atoms with Crippen LogP contribution in [0.2, 0.25) is 5.02 Å². The number of aromatic nitrogens is 2. The average molecular weight is 407 g/mol. The van der Waals surface area contributed by atoms with Crippen molar-refractivity contribution in [1.29, 1.82) is 0 Å². The Balaban J connectivity index is 2.39. The number of benzene rings is 1. The Morgan fingerprint density at radius 2 is 1.84 bits per heavy atom. The maximum absolute atomic E-state index is 6.13. The zero-order valence-corrected chi connectivity index (χ0v) is 14.2. The van der Waals surface area contributed by atoms with Gasteiger partial charge in [0.2, 0.25) is 0 Å². The van der Waals surface area contributed by atoms with Gasteiger partial charge in [-0.2, -0.15) is 0 Å². The summed E-state index contributed by atoms with van der Waals surface area (Å²) < 4.78 is 1.69. The largest absolute Gasteiger partial charge is 0.372 e. The molecule has 1 heterocycles. The maximum atomic E-state index is 6.13. The Morgan fingerprint density at radius 1 is 1.16 bits per heavy atom. The number of anilines is 3. The van der Waals surface area contributed by atoms with Crippen LogP contribution in [0.1, 0.15) is 5.56 Å². The van der Waals surface area contributed by atoms with Gasteiger partial charge in [-0.15, -0.1) is 0 Å². The highest BCUT2D eigenvalue weighted by Crippen LogP contribution is 2.34. The van der Waals surface area contributed by atoms with E-state index < -0.39 is 0 Å². The predicted octanol–water partition coefficient (Wildman–Crippen LogP) is 4.75. The topological polar surface area (TPSA) is 49.8 Å². The van der Waals surface area contributed by atoms with Crippen molar-refractivity contribution in [3.05, 3.63) is 38.0 Å². The lowest BCUT2D eigenvalue weighted by atomic mass is 10.2. The molecule has 7 heteroatoms. The van der Waals surface area contributed by atoms with Crippen LogP contribution in [0.4, 0.5) is 17.3 Å². The quantitative estimate of drug-likeness (QED) is 0.772. The fraction of sp³-hybridized carbons (Fsp3) is 0.167. The molecule has 0 bridgehead atoms. The molecule has 0 spiro atoms. The Labute approximate surface area is 133 Å². The van der Waals surface area contributed by atoms with Crippen molar-refractivity contribution < 1.29 is 0 Å². The predicted molar refractivity (Wildman–Crippen MR) is 86.5 cm³/mol. The van der Waals surface area contributed by atoms with Gasteiger partial charge in [-0.05, 0) is 56.5 Å². The van der Waals surface area contributed by atoms with E-state index in [4.69, 9.17) is 11.6 Å². The van der Waals surface area contributed by atoms with Gasteiger partial charge in [0.05, 0.1) is 5.69 Å². The van der Waals surface area contributed by atoms with E-state index in [1.54, 1.807) is 7.05 Å². The summed E-state index contributed by atoms with van der Waals surface area (Å²) >= 11 is 13.1. The molecule has 1 aromatic heterocycles. The molecule has 0 saturated carbocycles. The molecule has 0 saturated heterocycles. The smallest absolute Gasteiger partial charge is 0.150 e. The molecule has 0 fully saturated rings. The molecule has 2 aromatic rings. The van der Waals surface area contributed by atoms with Gasteiger partial charge in [-0.1, -0.05) is 11.6 Å². The van der Waals surface area contributed by atoms with Gasteiger partial charge < -0.3 is 10.6 Å². The Hall–Kier alpha value is -0.850. The van der Waals surface area contributed by atoms with Crippen LogP contribution >= 0.6 is 43.5 Å². The van der Waals surface area contributed by atoms with Crippen molar-refractivity contribution in [1.82, 2.24) is 9.97 Å². The number of aryl methyl sites for hydroxylation is 1. The number of nitrogens with one attached hydrogen (secondary N) is 2. The second-order valence-electron chi connectivity index (χ2n) is 3.84. The molecule has 0 radical (unpaired) electrons. The van der Waals surface area contributed by atoms with Crippen LogP contribution in [0.25, 0.3) is 0 Å². The number of hydrogen-bond acceptors (Lipinski definition) is 4. The van der Waals surface area contributed by atoms with Crippen molar-refractivity contribution in [2.45, 2.75) is 6.92 Å². The van der Waals surface area contributed by atoms with E-state index in [0.29, 0.717) is 16.7 Å². The second-order valence-corrected chi connectivity index (χ2v) is 5.90. The maximum Gasteiger partial charge on any atom is 0.150 e. The van der Waals surface area contributed by atoms with Gasteiger partial charge in [0.1, 0.15) is 22.4 Å². The Morgan fingerprint density at radius 3 is 2.53 bits per heavy atom. The van der Waals surface area contributed by atoms with Crippen LogP contribution in [0.3, 0.4) is 0 Å². The molecule has 0 aliphatic heterocycles. The van der Waals surface area contributed by atoms with E-state index in [1.807, 2.05) is 19.1 Å². The van der Waals surface area contributed by atoms with Gasteiger partial charge in [-0.25, -0.2) is 9.97 Å². The third-order valence-electron chi connectivity index (χ3n) is 2.53. The molecular weight excluding hydrogens is 395 g/mol. The molecule has 1 aromatic carbocycles. The zero-order valence-electron chi connectivity index (χ0n) is 10.3. The lowest BCUT2D eigenvalue weighted by molar-refractivity contribution is 1.14. The first-order valence-electron chi connectivity index (χ1n) is 5.44. The standard InChI is InChI=1S/C12H11Br2ClN4/c1-6-3-7(13)9(4-8(6)15)19-12-10(14)11(16-2)17-5-18-12/h3-5H,1-2H3,(H2,16,17,18,19). The van der Waals surface area contributed by atoms with Crippen LogP contribution in [-0.4, -0.2) is 17.0 Å². The number of halogens is 3. The lowest BCUT2D eigenvalue weighted by Gasteiger charge is -2.12. The molecule has 0 unspecified atom stereocenters. The van der Waals surface area contributed by atoms with Gasteiger partial charge >= 0.3 is 0 Å². The van der Waals surface area contributed by atoms with Crippen LogP contribution < -0.4 is 10.6 Å². The average Bonchev–Trinajstić information content (AvgIpc) is 2.38. The fourth-order valence-electron chi connectivity index (χ4n) is 1.50. The summed E-state index contributed by atoms with van der Waals surface area (Å²) in [6.45, 7) is 1.95. The number of rotatable bonds is 3. The van der Waals surface area contributed by atoms with Crippen LogP contribution in [0, 0.1) is 6.92 Å². The van der Waals surface area contributed by atoms with E-state index >= 15 is 0 Å². The molecule has 100 valence electrons.